The molecule has 0 radical (unpaired) electrons. The first-order chi connectivity index (χ1) is 19.9. The molecule has 2 saturated heterocycles. The van der Waals surface area contributed by atoms with E-state index in [-0.39, 0.29) is 34.6 Å². The van der Waals surface area contributed by atoms with Crippen LogP contribution in [0.1, 0.15) is 78.1 Å². The highest BCUT2D eigenvalue weighted by atomic mass is 19.1. The molecule has 2 fully saturated rings. The molecule has 1 atom stereocenters. The van der Waals surface area contributed by atoms with Gasteiger partial charge in [0.05, 0.1) is 5.56 Å². The maximum absolute atomic E-state index is 14.3. The third-order valence-electron chi connectivity index (χ3n) is 9.12. The number of aromatic nitrogens is 3. The fourth-order valence-electron chi connectivity index (χ4n) is 6.47. The van der Waals surface area contributed by atoms with Gasteiger partial charge in [-0.15, -0.1) is 10.2 Å². The number of ether oxygens (including phenoxy) is 1. The highest BCUT2D eigenvalue weighted by Gasteiger charge is 2.50. The van der Waals surface area contributed by atoms with Crippen molar-refractivity contribution in [3.8, 4) is 11.6 Å². The molecule has 0 saturated carbocycles. The number of nitrogens with zero attached hydrogens (tertiary/aromatic N) is 7. The Hall–Kier alpha value is -2.85. The van der Waals surface area contributed by atoms with E-state index in [0.29, 0.717) is 30.4 Å². The molecule has 4 rings (SSSR count). The summed E-state index contributed by atoms with van der Waals surface area (Å²) >= 11 is 0. The Morgan fingerprint density at radius 2 is 1.86 bits per heavy atom. The van der Waals surface area contributed by atoms with Crippen molar-refractivity contribution in [2.24, 2.45) is 11.3 Å². The molecule has 0 bridgehead atoms. The molecule has 1 spiro atoms. The molecule has 1 aromatic heterocycles. The fraction of sp³-hybridized carbons (Fsp3) is 0.688. The van der Waals surface area contributed by atoms with E-state index in [1.165, 1.54) is 37.4 Å². The second kappa shape index (κ2) is 13.6. The third kappa shape index (κ3) is 7.19. The third-order valence-corrected chi connectivity index (χ3v) is 9.12. The van der Waals surface area contributed by atoms with Crippen molar-refractivity contribution < 1.29 is 13.9 Å². The van der Waals surface area contributed by atoms with Crippen molar-refractivity contribution in [2.75, 3.05) is 51.2 Å². The van der Waals surface area contributed by atoms with Gasteiger partial charge in [-0.25, -0.2) is 9.37 Å². The molecule has 9 nitrogen and oxygen atoms in total. The Balaban J connectivity index is 1.44. The van der Waals surface area contributed by atoms with Gasteiger partial charge in [0, 0.05) is 56.3 Å². The molecule has 10 heteroatoms. The van der Waals surface area contributed by atoms with E-state index < -0.39 is 5.82 Å². The summed E-state index contributed by atoms with van der Waals surface area (Å²) in [6.45, 7) is 20.5. The lowest BCUT2D eigenvalue weighted by atomic mass is 9.76. The van der Waals surface area contributed by atoms with Crippen LogP contribution in [-0.4, -0.2) is 100 Å². The summed E-state index contributed by atoms with van der Waals surface area (Å²) in [4.78, 5) is 26.9. The first kappa shape index (κ1) is 32.1. The van der Waals surface area contributed by atoms with Gasteiger partial charge in [0.25, 0.3) is 11.8 Å². The van der Waals surface area contributed by atoms with Gasteiger partial charge in [-0.1, -0.05) is 13.8 Å². The van der Waals surface area contributed by atoms with Crippen molar-refractivity contribution in [3.63, 3.8) is 0 Å². The van der Waals surface area contributed by atoms with Crippen LogP contribution in [0.25, 0.3) is 0 Å². The molecule has 2 aliphatic heterocycles. The molecule has 0 aliphatic carbocycles. The van der Waals surface area contributed by atoms with Crippen molar-refractivity contribution in [1.29, 1.82) is 0 Å². The van der Waals surface area contributed by atoms with Crippen molar-refractivity contribution in [1.82, 2.24) is 29.9 Å². The number of hydrogen-bond donors (Lipinski definition) is 0. The SMILES string of the molecule is CCN(C(=O)c1cc(F)ccc1Oc1nncnc1N1CCC2(C1)CN([C@@H](CCCN(C)C(C)C)C(C)C)C2)C(C)C. The Labute approximate surface area is 251 Å². The van der Waals surface area contributed by atoms with E-state index in [1.807, 2.05) is 20.8 Å². The van der Waals surface area contributed by atoms with Gasteiger partial charge in [-0.05, 0) is 91.6 Å². The summed E-state index contributed by atoms with van der Waals surface area (Å²) in [7, 11) is 2.21. The zero-order chi connectivity index (χ0) is 30.6. The summed E-state index contributed by atoms with van der Waals surface area (Å²) in [5, 5.41) is 8.22. The number of carbonyl (C=O) groups is 1. The highest BCUT2D eigenvalue weighted by molar-refractivity contribution is 5.97. The maximum Gasteiger partial charge on any atom is 0.282 e. The van der Waals surface area contributed by atoms with Gasteiger partial charge in [0.2, 0.25) is 0 Å². The minimum atomic E-state index is -0.495. The largest absolute Gasteiger partial charge is 0.434 e. The molecule has 2 aliphatic rings. The standard InChI is InChI=1S/C32H50FN7O2/c1-9-40(24(6)7)31(41)26-17-25(33)12-13-28(26)42-30-29(34-21-35-36-30)38-16-14-32(18-38)19-39(20-32)27(22(2)3)11-10-15-37(8)23(4)5/h12-13,17,21-24,27H,9-11,14-16,18-20H2,1-8H3/t27-/m0/s1. The number of likely N-dealkylation sites (tertiary alicyclic amines) is 1. The second-order valence-electron chi connectivity index (χ2n) is 13.1. The Kier molecular flexibility index (Phi) is 10.4. The van der Waals surface area contributed by atoms with Crippen molar-refractivity contribution in [2.45, 2.75) is 85.9 Å². The minimum Gasteiger partial charge on any atom is -0.434 e. The summed E-state index contributed by atoms with van der Waals surface area (Å²) in [5.74, 6) is 0.916. The molecule has 232 valence electrons. The van der Waals surface area contributed by atoms with Crippen LogP contribution in [0.15, 0.2) is 24.5 Å². The van der Waals surface area contributed by atoms with Crippen LogP contribution in [0.2, 0.25) is 0 Å². The quantitative estimate of drug-likeness (QED) is 0.313. The molecule has 3 heterocycles. The predicted molar refractivity (Wildman–Crippen MR) is 165 cm³/mol. The van der Waals surface area contributed by atoms with E-state index in [1.54, 1.807) is 4.90 Å². The summed E-state index contributed by atoms with van der Waals surface area (Å²) in [5.41, 5.74) is 0.383. The van der Waals surface area contributed by atoms with E-state index in [0.717, 1.165) is 39.1 Å². The molecule has 0 unspecified atom stereocenters. The number of amides is 1. The summed E-state index contributed by atoms with van der Waals surface area (Å²) in [6.07, 6.45) is 4.93. The van der Waals surface area contributed by atoms with Gasteiger partial charge in [-0.2, -0.15) is 0 Å². The van der Waals surface area contributed by atoms with E-state index in [2.05, 4.69) is 64.6 Å². The number of hydrogen-bond acceptors (Lipinski definition) is 8. The Morgan fingerprint density at radius 1 is 1.12 bits per heavy atom. The first-order valence-corrected chi connectivity index (χ1v) is 15.6. The molecular formula is C32H50FN7O2. The van der Waals surface area contributed by atoms with E-state index in [9.17, 15) is 9.18 Å². The Bertz CT molecular complexity index is 1200. The lowest BCUT2D eigenvalue weighted by Crippen LogP contribution is -2.62. The Morgan fingerprint density at radius 3 is 2.50 bits per heavy atom. The normalized spacial score (nSPS) is 17.5. The molecule has 1 amide bonds. The van der Waals surface area contributed by atoms with Gasteiger partial charge in [0.1, 0.15) is 17.9 Å². The molecule has 2 aromatic rings. The lowest BCUT2D eigenvalue weighted by Gasteiger charge is -2.53. The zero-order valence-electron chi connectivity index (χ0n) is 26.8. The highest BCUT2D eigenvalue weighted by Crippen LogP contribution is 2.44. The van der Waals surface area contributed by atoms with Crippen LogP contribution in [-0.2, 0) is 0 Å². The van der Waals surface area contributed by atoms with Crippen LogP contribution >= 0.6 is 0 Å². The van der Waals surface area contributed by atoms with Crippen LogP contribution in [0.3, 0.4) is 0 Å². The first-order valence-electron chi connectivity index (χ1n) is 15.6. The number of anilines is 1. The number of carbonyl (C=O) groups excluding carboxylic acids is 1. The van der Waals surface area contributed by atoms with E-state index in [4.69, 9.17) is 4.74 Å². The molecule has 1 aromatic carbocycles. The van der Waals surface area contributed by atoms with E-state index >= 15 is 0 Å². The predicted octanol–water partition coefficient (Wildman–Crippen LogP) is 5.33. The molecular weight excluding hydrogens is 533 g/mol. The van der Waals surface area contributed by atoms with Crippen LogP contribution < -0.4 is 9.64 Å². The number of rotatable bonds is 13. The molecule has 42 heavy (non-hydrogen) atoms. The van der Waals surface area contributed by atoms with Gasteiger partial charge < -0.3 is 19.4 Å². The number of benzene rings is 1. The summed E-state index contributed by atoms with van der Waals surface area (Å²) in [6, 6.07) is 5.13. The minimum absolute atomic E-state index is 0.0353. The van der Waals surface area contributed by atoms with Gasteiger partial charge in [0.15, 0.2) is 5.82 Å². The summed E-state index contributed by atoms with van der Waals surface area (Å²) < 4.78 is 20.5. The van der Waals surface area contributed by atoms with Crippen LogP contribution in [0.5, 0.6) is 11.6 Å². The van der Waals surface area contributed by atoms with Crippen molar-refractivity contribution >= 4 is 11.7 Å². The van der Waals surface area contributed by atoms with Gasteiger partial charge in [-0.3, -0.25) is 9.69 Å². The monoisotopic (exact) mass is 583 g/mol. The average molecular weight is 584 g/mol. The fourth-order valence-corrected chi connectivity index (χ4v) is 6.47. The van der Waals surface area contributed by atoms with Crippen LogP contribution in [0, 0.1) is 17.2 Å². The smallest absolute Gasteiger partial charge is 0.282 e. The van der Waals surface area contributed by atoms with Gasteiger partial charge >= 0.3 is 0 Å². The van der Waals surface area contributed by atoms with Crippen molar-refractivity contribution in [3.05, 3.63) is 35.9 Å². The average Bonchev–Trinajstić information content (AvgIpc) is 3.37. The maximum atomic E-state index is 14.3. The topological polar surface area (TPSA) is 77.9 Å². The van der Waals surface area contributed by atoms with Crippen LogP contribution in [0.4, 0.5) is 10.2 Å². The molecule has 0 N–H and O–H groups in total. The zero-order valence-corrected chi connectivity index (χ0v) is 26.8. The number of halogens is 1. The lowest BCUT2D eigenvalue weighted by molar-refractivity contribution is -0.0345. The second-order valence-corrected chi connectivity index (χ2v) is 13.1.